The molecular formula is C16H15FO3. The third kappa shape index (κ3) is 2.15. The van der Waals surface area contributed by atoms with E-state index < -0.39 is 17.8 Å². The first-order valence-corrected chi connectivity index (χ1v) is 6.74. The molecule has 20 heavy (non-hydrogen) atoms. The van der Waals surface area contributed by atoms with Crippen molar-refractivity contribution >= 4 is 11.8 Å². The lowest BCUT2D eigenvalue weighted by atomic mass is 9.79. The molecule has 1 fully saturated rings. The summed E-state index contributed by atoms with van der Waals surface area (Å²) in [5.41, 5.74) is 0.729. The van der Waals surface area contributed by atoms with Crippen LogP contribution in [0, 0.1) is 29.5 Å². The van der Waals surface area contributed by atoms with Crippen LogP contribution in [0.15, 0.2) is 36.4 Å². The monoisotopic (exact) mass is 274 g/mol. The molecule has 4 heteroatoms. The highest BCUT2D eigenvalue weighted by Crippen LogP contribution is 2.48. The molecule has 1 saturated carbocycles. The molecule has 2 aliphatic rings. The first-order valence-electron chi connectivity index (χ1n) is 6.74. The second-order valence-corrected chi connectivity index (χ2v) is 5.61. The fourth-order valence-electron chi connectivity index (χ4n) is 3.52. The summed E-state index contributed by atoms with van der Waals surface area (Å²) in [6, 6.07) is 5.79. The van der Waals surface area contributed by atoms with E-state index in [4.69, 9.17) is 0 Å². The smallest absolute Gasteiger partial charge is 0.307 e. The van der Waals surface area contributed by atoms with Crippen LogP contribution >= 0.6 is 0 Å². The molecule has 1 aromatic carbocycles. The summed E-state index contributed by atoms with van der Waals surface area (Å²) in [6.45, 7) is 0. The maximum absolute atomic E-state index is 12.8. The molecule has 0 aliphatic heterocycles. The van der Waals surface area contributed by atoms with Gasteiger partial charge in [-0.15, -0.1) is 0 Å². The van der Waals surface area contributed by atoms with Crippen molar-refractivity contribution in [2.24, 2.45) is 23.7 Å². The maximum atomic E-state index is 12.8. The average molecular weight is 274 g/mol. The fraction of sp³-hybridized carbons (Fsp3) is 0.375. The second kappa shape index (κ2) is 4.85. The van der Waals surface area contributed by atoms with E-state index in [9.17, 15) is 19.1 Å². The van der Waals surface area contributed by atoms with Crippen LogP contribution in [0.4, 0.5) is 4.39 Å². The van der Waals surface area contributed by atoms with Gasteiger partial charge < -0.3 is 5.11 Å². The normalized spacial score (nSPS) is 30.6. The number of carboxylic acids is 1. The van der Waals surface area contributed by atoms with Crippen LogP contribution in [0.1, 0.15) is 12.0 Å². The molecule has 0 saturated heterocycles. The largest absolute Gasteiger partial charge is 0.481 e. The summed E-state index contributed by atoms with van der Waals surface area (Å²) in [6.07, 6.45) is 4.82. The van der Waals surface area contributed by atoms with E-state index in [0.29, 0.717) is 0 Å². The van der Waals surface area contributed by atoms with Gasteiger partial charge in [-0.3, -0.25) is 9.59 Å². The maximum Gasteiger partial charge on any atom is 0.307 e. The molecule has 2 aliphatic carbocycles. The van der Waals surface area contributed by atoms with Gasteiger partial charge >= 0.3 is 5.97 Å². The van der Waals surface area contributed by atoms with Crippen LogP contribution in [0.2, 0.25) is 0 Å². The van der Waals surface area contributed by atoms with Gasteiger partial charge in [-0.2, -0.15) is 0 Å². The highest BCUT2D eigenvalue weighted by atomic mass is 19.1. The third-order valence-electron chi connectivity index (χ3n) is 4.41. The number of ketones is 1. The van der Waals surface area contributed by atoms with Crippen molar-refractivity contribution in [1.29, 1.82) is 0 Å². The van der Waals surface area contributed by atoms with Crippen LogP contribution in [-0.4, -0.2) is 16.9 Å². The molecule has 0 unspecified atom stereocenters. The van der Waals surface area contributed by atoms with Crippen molar-refractivity contribution < 1.29 is 19.1 Å². The molecule has 2 bridgehead atoms. The Labute approximate surface area is 116 Å². The van der Waals surface area contributed by atoms with E-state index in [-0.39, 0.29) is 29.9 Å². The van der Waals surface area contributed by atoms with Gasteiger partial charge in [-0.25, -0.2) is 4.39 Å². The van der Waals surface area contributed by atoms with E-state index in [2.05, 4.69) is 0 Å². The van der Waals surface area contributed by atoms with Gasteiger partial charge in [0.05, 0.1) is 5.92 Å². The van der Waals surface area contributed by atoms with E-state index >= 15 is 0 Å². The molecule has 0 radical (unpaired) electrons. The van der Waals surface area contributed by atoms with Crippen molar-refractivity contribution in [3.8, 4) is 0 Å². The molecule has 0 aromatic heterocycles. The Balaban J connectivity index is 1.78. The number of benzene rings is 1. The topological polar surface area (TPSA) is 54.4 Å². The molecule has 3 rings (SSSR count). The Bertz CT molecular complexity index is 576. The van der Waals surface area contributed by atoms with Crippen LogP contribution < -0.4 is 0 Å². The average Bonchev–Trinajstić information content (AvgIpc) is 3.01. The molecule has 104 valence electrons. The van der Waals surface area contributed by atoms with Crippen LogP contribution in [0.3, 0.4) is 0 Å². The molecule has 0 heterocycles. The second-order valence-electron chi connectivity index (χ2n) is 5.61. The summed E-state index contributed by atoms with van der Waals surface area (Å²) < 4.78 is 12.8. The van der Waals surface area contributed by atoms with Crippen molar-refractivity contribution in [3.63, 3.8) is 0 Å². The van der Waals surface area contributed by atoms with Crippen molar-refractivity contribution in [2.75, 3.05) is 0 Å². The summed E-state index contributed by atoms with van der Waals surface area (Å²) in [7, 11) is 0. The van der Waals surface area contributed by atoms with Crippen molar-refractivity contribution in [3.05, 3.63) is 47.8 Å². The van der Waals surface area contributed by atoms with Crippen molar-refractivity contribution in [1.82, 2.24) is 0 Å². The third-order valence-corrected chi connectivity index (χ3v) is 4.41. The van der Waals surface area contributed by atoms with Crippen molar-refractivity contribution in [2.45, 2.75) is 12.8 Å². The zero-order valence-corrected chi connectivity index (χ0v) is 10.8. The zero-order chi connectivity index (χ0) is 14.3. The number of carbonyl (C=O) groups is 2. The number of carboxylic acid groups (broad SMARTS) is 1. The molecular weight excluding hydrogens is 259 g/mol. The first-order chi connectivity index (χ1) is 9.56. The van der Waals surface area contributed by atoms with E-state index in [1.807, 2.05) is 12.2 Å². The molecule has 1 N–H and O–H groups in total. The lowest BCUT2D eigenvalue weighted by molar-refractivity contribution is -0.147. The predicted molar refractivity (Wildman–Crippen MR) is 70.5 cm³/mol. The van der Waals surface area contributed by atoms with E-state index in [1.54, 1.807) is 12.1 Å². The first kappa shape index (κ1) is 13.0. The minimum absolute atomic E-state index is 0.0142. The standard InChI is InChI=1S/C16H15FO3/c17-12-5-1-9(2-6-12)7-13(18)14-10-3-4-11(8-10)15(14)16(19)20/h1-6,10-11,14-15H,7-8H2,(H,19,20)/t10-,11+,14-,15+/m1/s1. The van der Waals surface area contributed by atoms with Crippen LogP contribution in [0.5, 0.6) is 0 Å². The molecule has 3 nitrogen and oxygen atoms in total. The quantitative estimate of drug-likeness (QED) is 0.858. The number of allylic oxidation sites excluding steroid dienone is 2. The minimum atomic E-state index is -0.890. The number of carbonyl (C=O) groups excluding carboxylic acids is 1. The number of Topliss-reactive ketones (excluding diaryl/α,β-unsaturated/α-hetero) is 1. The lowest BCUT2D eigenvalue weighted by Gasteiger charge is -2.23. The Kier molecular flexibility index (Phi) is 3.16. The molecule has 0 spiro atoms. The summed E-state index contributed by atoms with van der Waals surface area (Å²) >= 11 is 0. The highest BCUT2D eigenvalue weighted by molar-refractivity contribution is 5.89. The Hall–Kier alpha value is -1.97. The predicted octanol–water partition coefficient (Wildman–Crippen LogP) is 2.46. The summed E-state index contributed by atoms with van der Waals surface area (Å²) in [4.78, 5) is 23.8. The van der Waals surface area contributed by atoms with Gasteiger partial charge in [-0.1, -0.05) is 24.3 Å². The number of rotatable bonds is 4. The van der Waals surface area contributed by atoms with Gasteiger partial charge in [0.2, 0.25) is 0 Å². The van der Waals surface area contributed by atoms with Gasteiger partial charge in [-0.05, 0) is 36.0 Å². The SMILES string of the molecule is O=C(Cc1ccc(F)cc1)[C@@H]1[C@@H](C(=O)O)[C@H]2C=C[C@@H]1C2. The Morgan fingerprint density at radius 1 is 1.10 bits per heavy atom. The fourth-order valence-corrected chi connectivity index (χ4v) is 3.52. The Morgan fingerprint density at radius 3 is 2.30 bits per heavy atom. The van der Waals surface area contributed by atoms with Crippen LogP contribution in [-0.2, 0) is 16.0 Å². The number of fused-ring (bicyclic) bond motifs is 2. The number of hydrogen-bond acceptors (Lipinski definition) is 2. The summed E-state index contributed by atoms with van der Waals surface area (Å²) in [5.74, 6) is -2.29. The highest BCUT2D eigenvalue weighted by Gasteiger charge is 2.51. The molecule has 1 aromatic rings. The van der Waals surface area contributed by atoms with Gasteiger partial charge in [0.15, 0.2) is 0 Å². The lowest BCUT2D eigenvalue weighted by Crippen LogP contribution is -2.33. The Morgan fingerprint density at radius 2 is 1.70 bits per heavy atom. The number of aliphatic carboxylic acids is 1. The van der Waals surface area contributed by atoms with Gasteiger partial charge in [0.25, 0.3) is 0 Å². The van der Waals surface area contributed by atoms with Crippen LogP contribution in [0.25, 0.3) is 0 Å². The number of halogens is 1. The van der Waals surface area contributed by atoms with Gasteiger partial charge in [0, 0.05) is 12.3 Å². The molecule has 0 amide bonds. The zero-order valence-electron chi connectivity index (χ0n) is 10.8. The van der Waals surface area contributed by atoms with E-state index in [0.717, 1.165) is 12.0 Å². The molecule has 4 atom stereocenters. The summed E-state index contributed by atoms with van der Waals surface area (Å²) in [5, 5.41) is 9.32. The number of hydrogen-bond donors (Lipinski definition) is 1. The van der Waals surface area contributed by atoms with E-state index in [1.165, 1.54) is 12.1 Å². The van der Waals surface area contributed by atoms with Gasteiger partial charge in [0.1, 0.15) is 11.6 Å². The minimum Gasteiger partial charge on any atom is -0.481 e.